The highest BCUT2D eigenvalue weighted by Gasteiger charge is 2.16. The Morgan fingerprint density at radius 3 is 2.50 bits per heavy atom. The third-order valence-electron chi connectivity index (χ3n) is 3.03. The minimum Gasteiger partial charge on any atom is -0.491 e. The average Bonchev–Trinajstić information content (AvgIpc) is 2.58. The molecule has 0 amide bonds. The molecule has 0 atom stereocenters. The average molecular weight is 418 g/mol. The zero-order valence-electron chi connectivity index (χ0n) is 13.3. The number of rotatable bonds is 7. The number of nitrogens with one attached hydrogen (secondary N) is 1. The van der Waals surface area contributed by atoms with E-state index < -0.39 is 14.9 Å². The van der Waals surface area contributed by atoms with Crippen LogP contribution in [0.5, 0.6) is 5.75 Å². The third-order valence-corrected chi connectivity index (χ3v) is 4.82. The maximum absolute atomic E-state index is 12.2. The number of ether oxygens (including phenoxy) is 1. The molecular formula is C15H13Cl2N3O5S. The highest BCUT2D eigenvalue weighted by molar-refractivity contribution is 7.89. The molecule has 26 heavy (non-hydrogen) atoms. The van der Waals surface area contributed by atoms with E-state index in [9.17, 15) is 18.5 Å². The summed E-state index contributed by atoms with van der Waals surface area (Å²) in [5.74, 6) is 0.324. The number of halogens is 2. The van der Waals surface area contributed by atoms with Crippen LogP contribution in [0.3, 0.4) is 0 Å². The summed E-state index contributed by atoms with van der Waals surface area (Å²) >= 11 is 12.1. The van der Waals surface area contributed by atoms with Gasteiger partial charge in [-0.3, -0.25) is 10.1 Å². The zero-order valence-corrected chi connectivity index (χ0v) is 15.7. The first kappa shape index (κ1) is 20.0. The Balaban J connectivity index is 2.19. The lowest BCUT2D eigenvalue weighted by Gasteiger charge is -2.08. The van der Waals surface area contributed by atoms with Gasteiger partial charge >= 0.3 is 0 Å². The standard InChI is InChI=1S/C15H13Cl2N3O5S/c1-2-25-15-13(16)6-10(7-14(15)17)9-18-19-26(23,24)12-5-3-4-11(8-12)20(21)22/h3-9,19H,2H2,1H3/b18-9+. The van der Waals surface area contributed by atoms with Crippen molar-refractivity contribution >= 4 is 45.1 Å². The van der Waals surface area contributed by atoms with Gasteiger partial charge in [0.05, 0.1) is 32.7 Å². The Labute approximate surface area is 159 Å². The molecule has 0 heterocycles. The van der Waals surface area contributed by atoms with Crippen LogP contribution in [0, 0.1) is 10.1 Å². The number of non-ortho nitro benzene ring substituents is 1. The lowest BCUT2D eigenvalue weighted by atomic mass is 10.2. The summed E-state index contributed by atoms with van der Waals surface area (Å²) in [4.78, 5) is 11.7. The van der Waals surface area contributed by atoms with Crippen molar-refractivity contribution < 1.29 is 18.1 Å². The van der Waals surface area contributed by atoms with Gasteiger partial charge in [-0.25, -0.2) is 4.83 Å². The number of nitro benzene ring substituents is 1. The Morgan fingerprint density at radius 1 is 1.27 bits per heavy atom. The van der Waals surface area contributed by atoms with Crippen LogP contribution in [0.1, 0.15) is 12.5 Å². The molecule has 0 saturated carbocycles. The Hall–Kier alpha value is -2.36. The summed E-state index contributed by atoms with van der Waals surface area (Å²) in [5, 5.41) is 14.9. The van der Waals surface area contributed by atoms with E-state index in [-0.39, 0.29) is 20.6 Å². The minimum absolute atomic E-state index is 0.252. The first-order chi connectivity index (χ1) is 12.2. The van der Waals surface area contributed by atoms with Gasteiger partial charge in [0.15, 0.2) is 5.75 Å². The molecule has 0 aliphatic carbocycles. The second kappa shape index (κ2) is 8.35. The lowest BCUT2D eigenvalue weighted by Crippen LogP contribution is -2.18. The largest absolute Gasteiger partial charge is 0.491 e. The van der Waals surface area contributed by atoms with Crippen LogP contribution < -0.4 is 9.57 Å². The number of benzene rings is 2. The predicted octanol–water partition coefficient (Wildman–Crippen LogP) is 3.61. The van der Waals surface area contributed by atoms with Crippen molar-refractivity contribution in [2.75, 3.05) is 6.61 Å². The molecule has 8 nitrogen and oxygen atoms in total. The van der Waals surface area contributed by atoms with Crippen molar-refractivity contribution in [3.8, 4) is 5.75 Å². The minimum atomic E-state index is -4.07. The Morgan fingerprint density at radius 2 is 1.92 bits per heavy atom. The van der Waals surface area contributed by atoms with Crippen LogP contribution in [0.2, 0.25) is 10.0 Å². The summed E-state index contributed by atoms with van der Waals surface area (Å²) in [7, 11) is -4.07. The fourth-order valence-corrected chi connectivity index (χ4v) is 3.37. The van der Waals surface area contributed by atoms with Crippen molar-refractivity contribution in [2.24, 2.45) is 5.10 Å². The zero-order chi connectivity index (χ0) is 19.3. The van der Waals surface area contributed by atoms with Gasteiger partial charge in [0, 0.05) is 12.1 Å². The van der Waals surface area contributed by atoms with Gasteiger partial charge in [-0.1, -0.05) is 29.3 Å². The number of nitro groups is 1. The van der Waals surface area contributed by atoms with Crippen LogP contribution >= 0.6 is 23.2 Å². The quantitative estimate of drug-likeness (QED) is 0.420. The molecule has 0 bridgehead atoms. The van der Waals surface area contributed by atoms with Gasteiger partial charge in [0.25, 0.3) is 15.7 Å². The maximum Gasteiger partial charge on any atom is 0.276 e. The normalized spacial score (nSPS) is 11.5. The molecule has 2 aromatic carbocycles. The van der Waals surface area contributed by atoms with E-state index in [0.29, 0.717) is 17.9 Å². The fourth-order valence-electron chi connectivity index (χ4n) is 1.92. The van der Waals surface area contributed by atoms with Crippen LogP contribution in [0.25, 0.3) is 0 Å². The summed E-state index contributed by atoms with van der Waals surface area (Å²) in [5.41, 5.74) is 0.0899. The highest BCUT2D eigenvalue weighted by Crippen LogP contribution is 2.33. The Kier molecular flexibility index (Phi) is 6.41. The van der Waals surface area contributed by atoms with Gasteiger partial charge in [0.2, 0.25) is 0 Å². The van der Waals surface area contributed by atoms with E-state index in [1.807, 2.05) is 4.83 Å². The van der Waals surface area contributed by atoms with Crippen molar-refractivity contribution in [2.45, 2.75) is 11.8 Å². The third kappa shape index (κ3) is 4.84. The molecule has 0 radical (unpaired) electrons. The van der Waals surface area contributed by atoms with Gasteiger partial charge < -0.3 is 4.74 Å². The van der Waals surface area contributed by atoms with Crippen LogP contribution in [0.4, 0.5) is 5.69 Å². The van der Waals surface area contributed by atoms with Crippen LogP contribution in [-0.2, 0) is 10.0 Å². The van der Waals surface area contributed by atoms with E-state index >= 15 is 0 Å². The number of hydrazone groups is 1. The summed E-state index contributed by atoms with van der Waals surface area (Å²) in [6, 6.07) is 7.61. The molecule has 0 fully saturated rings. The summed E-state index contributed by atoms with van der Waals surface area (Å²) < 4.78 is 29.6. The van der Waals surface area contributed by atoms with E-state index in [0.717, 1.165) is 6.07 Å². The molecule has 2 rings (SSSR count). The number of hydrogen-bond acceptors (Lipinski definition) is 6. The molecule has 0 unspecified atom stereocenters. The fraction of sp³-hybridized carbons (Fsp3) is 0.133. The van der Waals surface area contributed by atoms with Gasteiger partial charge in [-0.2, -0.15) is 13.5 Å². The van der Waals surface area contributed by atoms with Gasteiger partial charge in [0.1, 0.15) is 0 Å². The predicted molar refractivity (Wildman–Crippen MR) is 98.6 cm³/mol. The topological polar surface area (TPSA) is 111 Å². The molecule has 2 aromatic rings. The monoisotopic (exact) mass is 417 g/mol. The van der Waals surface area contributed by atoms with Crippen molar-refractivity contribution in [1.29, 1.82) is 0 Å². The van der Waals surface area contributed by atoms with E-state index in [1.165, 1.54) is 36.5 Å². The van der Waals surface area contributed by atoms with Crippen molar-refractivity contribution in [1.82, 2.24) is 4.83 Å². The number of sulfonamides is 1. The number of nitrogens with zero attached hydrogens (tertiary/aromatic N) is 2. The molecule has 1 N–H and O–H groups in total. The Bertz CT molecular complexity index is 940. The highest BCUT2D eigenvalue weighted by atomic mass is 35.5. The molecule has 11 heteroatoms. The molecular weight excluding hydrogens is 405 g/mol. The lowest BCUT2D eigenvalue weighted by molar-refractivity contribution is -0.385. The van der Waals surface area contributed by atoms with Crippen molar-refractivity contribution in [3.05, 3.63) is 62.1 Å². The molecule has 0 saturated heterocycles. The van der Waals surface area contributed by atoms with Crippen LogP contribution in [0.15, 0.2) is 46.4 Å². The van der Waals surface area contributed by atoms with E-state index in [2.05, 4.69) is 5.10 Å². The van der Waals surface area contributed by atoms with E-state index in [1.54, 1.807) is 6.92 Å². The molecule has 0 aromatic heterocycles. The first-order valence-corrected chi connectivity index (χ1v) is 9.39. The SMILES string of the molecule is CCOc1c(Cl)cc(/C=N/NS(=O)(=O)c2cccc([N+](=O)[O-])c2)cc1Cl. The second-order valence-corrected chi connectivity index (χ2v) is 7.33. The van der Waals surface area contributed by atoms with Gasteiger partial charge in [-0.15, -0.1) is 0 Å². The van der Waals surface area contributed by atoms with Crippen LogP contribution in [-0.4, -0.2) is 26.2 Å². The maximum atomic E-state index is 12.2. The van der Waals surface area contributed by atoms with E-state index in [4.69, 9.17) is 27.9 Å². The van der Waals surface area contributed by atoms with Crippen molar-refractivity contribution in [3.63, 3.8) is 0 Å². The first-order valence-electron chi connectivity index (χ1n) is 7.15. The summed E-state index contributed by atoms with van der Waals surface area (Å²) in [6.07, 6.45) is 1.20. The summed E-state index contributed by atoms with van der Waals surface area (Å²) in [6.45, 7) is 2.17. The van der Waals surface area contributed by atoms with Gasteiger partial charge in [-0.05, 0) is 30.7 Å². The molecule has 138 valence electrons. The molecule has 0 spiro atoms. The molecule has 0 aliphatic rings. The second-order valence-electron chi connectivity index (χ2n) is 4.85. The number of hydrogen-bond donors (Lipinski definition) is 1. The smallest absolute Gasteiger partial charge is 0.276 e. The molecule has 0 aliphatic heterocycles.